The smallest absolute Gasteiger partial charge is 0.336 e. The van der Waals surface area contributed by atoms with Gasteiger partial charge in [-0.25, -0.2) is 4.79 Å². The number of benzene rings is 2. The van der Waals surface area contributed by atoms with Gasteiger partial charge >= 0.3 is 5.97 Å². The molecule has 0 bridgehead atoms. The van der Waals surface area contributed by atoms with Gasteiger partial charge in [-0.3, -0.25) is 9.79 Å². The Morgan fingerprint density at radius 2 is 1.68 bits per heavy atom. The molecule has 2 aromatic rings. The summed E-state index contributed by atoms with van der Waals surface area (Å²) in [6, 6.07) is 10.7. The summed E-state index contributed by atoms with van der Waals surface area (Å²) < 4.78 is 22.0. The van der Waals surface area contributed by atoms with Crippen LogP contribution in [0.15, 0.2) is 52.7 Å². The van der Waals surface area contributed by atoms with Gasteiger partial charge in [-0.1, -0.05) is 12.1 Å². The number of aromatic hydroxyl groups is 1. The SMILES string of the molecule is CCOc1cc([C@@H]2C(C(=O)OC(C)C)=C(C)N=C3C[C@@H](c4ccc(OC)c(OC)c4)CC(=O)C32)ccc1O. The highest BCUT2D eigenvalue weighted by molar-refractivity contribution is 6.12. The quantitative estimate of drug-likeness (QED) is 0.468. The van der Waals surface area contributed by atoms with Crippen molar-refractivity contribution in [2.45, 2.75) is 58.5 Å². The summed E-state index contributed by atoms with van der Waals surface area (Å²) in [5.74, 6) is -0.295. The number of ether oxygens (including phenoxy) is 4. The molecule has 1 heterocycles. The molecule has 1 saturated carbocycles. The topological polar surface area (TPSA) is 104 Å². The third kappa shape index (κ3) is 5.26. The van der Waals surface area contributed by atoms with Crippen molar-refractivity contribution in [3.05, 3.63) is 58.8 Å². The standard InChI is InChI=1S/C30H35NO7/c1-7-37-25-15-19(8-10-22(25)32)28-27(30(34)38-16(2)3)17(4)31-21-12-20(13-23(33)29(21)28)18-9-11-24(35-5)26(14-18)36-6/h8-11,14-16,20,28-29,32H,7,12-13H2,1-6H3/t20-,28-,29?/m1/s1. The van der Waals surface area contributed by atoms with E-state index < -0.39 is 17.8 Å². The number of ketones is 1. The first kappa shape index (κ1) is 27.2. The molecule has 0 amide bonds. The fraction of sp³-hybridized carbons (Fsp3) is 0.433. The number of aliphatic imine (C=N–C) groups is 1. The second kappa shape index (κ2) is 11.3. The molecule has 2 aliphatic rings. The van der Waals surface area contributed by atoms with E-state index in [1.807, 2.05) is 25.1 Å². The number of carbonyl (C=O) groups excluding carboxylic acids is 2. The van der Waals surface area contributed by atoms with E-state index in [2.05, 4.69) is 0 Å². The third-order valence-corrected chi connectivity index (χ3v) is 7.04. The van der Waals surface area contributed by atoms with Gasteiger partial charge in [-0.05, 0) is 75.4 Å². The number of methoxy groups -OCH3 is 2. The van der Waals surface area contributed by atoms with Gasteiger partial charge in [0.05, 0.1) is 38.4 Å². The van der Waals surface area contributed by atoms with E-state index in [1.54, 1.807) is 47.1 Å². The molecule has 202 valence electrons. The maximum atomic E-state index is 13.9. The van der Waals surface area contributed by atoms with Crippen LogP contribution >= 0.6 is 0 Å². The largest absolute Gasteiger partial charge is 0.504 e. The number of hydrogen-bond donors (Lipinski definition) is 1. The minimum atomic E-state index is -0.621. The van der Waals surface area contributed by atoms with Crippen LogP contribution in [0.1, 0.15) is 63.5 Å². The Labute approximate surface area is 223 Å². The Morgan fingerprint density at radius 3 is 2.34 bits per heavy atom. The maximum Gasteiger partial charge on any atom is 0.336 e. The van der Waals surface area contributed by atoms with Crippen LogP contribution in [0.2, 0.25) is 0 Å². The molecule has 1 N–H and O–H groups in total. The predicted octanol–water partition coefficient (Wildman–Crippen LogP) is 5.33. The molecular weight excluding hydrogens is 486 g/mol. The first-order chi connectivity index (χ1) is 18.2. The molecule has 1 aliphatic carbocycles. The predicted molar refractivity (Wildman–Crippen MR) is 143 cm³/mol. The van der Waals surface area contributed by atoms with Crippen LogP contribution in [-0.4, -0.2) is 49.5 Å². The molecule has 4 rings (SSSR count). The third-order valence-electron chi connectivity index (χ3n) is 7.04. The lowest BCUT2D eigenvalue weighted by Crippen LogP contribution is -2.41. The second-order valence-electron chi connectivity index (χ2n) is 9.86. The lowest BCUT2D eigenvalue weighted by molar-refractivity contribution is -0.143. The summed E-state index contributed by atoms with van der Waals surface area (Å²) in [6.45, 7) is 7.54. The highest BCUT2D eigenvalue weighted by atomic mass is 16.5. The number of phenolic OH excluding ortho intramolecular Hbond substituents is 1. The molecule has 8 nitrogen and oxygen atoms in total. The number of Topliss-reactive ketones (excluding diaryl/α,β-unsaturated/α-hetero) is 1. The average molecular weight is 522 g/mol. The van der Waals surface area contributed by atoms with Crippen molar-refractivity contribution < 1.29 is 33.6 Å². The fourth-order valence-electron chi connectivity index (χ4n) is 5.42. The molecule has 1 aliphatic heterocycles. The Kier molecular flexibility index (Phi) is 8.09. The van der Waals surface area contributed by atoms with Crippen LogP contribution in [0.4, 0.5) is 0 Å². The minimum Gasteiger partial charge on any atom is -0.504 e. The summed E-state index contributed by atoms with van der Waals surface area (Å²) in [5, 5.41) is 10.3. The van der Waals surface area contributed by atoms with E-state index >= 15 is 0 Å². The van der Waals surface area contributed by atoms with Crippen molar-refractivity contribution >= 4 is 17.5 Å². The lowest BCUT2D eigenvalue weighted by Gasteiger charge is -2.38. The zero-order valence-corrected chi connectivity index (χ0v) is 22.7. The van der Waals surface area contributed by atoms with Gasteiger partial charge in [-0.15, -0.1) is 0 Å². The van der Waals surface area contributed by atoms with Crippen molar-refractivity contribution in [1.82, 2.24) is 0 Å². The van der Waals surface area contributed by atoms with Crippen molar-refractivity contribution in [1.29, 1.82) is 0 Å². The maximum absolute atomic E-state index is 13.9. The van der Waals surface area contributed by atoms with Crippen LogP contribution < -0.4 is 14.2 Å². The Balaban J connectivity index is 1.79. The van der Waals surface area contributed by atoms with Gasteiger partial charge in [-0.2, -0.15) is 0 Å². The van der Waals surface area contributed by atoms with E-state index in [0.717, 1.165) is 11.3 Å². The van der Waals surface area contributed by atoms with Gasteiger partial charge in [0.1, 0.15) is 5.78 Å². The van der Waals surface area contributed by atoms with Crippen LogP contribution in [0.25, 0.3) is 0 Å². The zero-order chi connectivity index (χ0) is 27.6. The summed E-state index contributed by atoms with van der Waals surface area (Å²) in [4.78, 5) is 32.0. The molecule has 2 aromatic carbocycles. The molecule has 0 aromatic heterocycles. The number of rotatable bonds is 8. The number of hydrogen-bond acceptors (Lipinski definition) is 8. The molecule has 3 atom stereocenters. The highest BCUT2D eigenvalue weighted by Gasteiger charge is 2.46. The highest BCUT2D eigenvalue weighted by Crippen LogP contribution is 2.48. The molecular formula is C30H35NO7. The first-order valence-electron chi connectivity index (χ1n) is 12.9. The van der Waals surface area contributed by atoms with Crippen molar-refractivity contribution in [3.63, 3.8) is 0 Å². The Bertz CT molecular complexity index is 1290. The van der Waals surface area contributed by atoms with Gasteiger partial charge in [0.2, 0.25) is 0 Å². The normalized spacial score (nSPS) is 21.1. The molecule has 1 unspecified atom stereocenters. The average Bonchev–Trinajstić information content (AvgIpc) is 2.88. The number of fused-ring (bicyclic) bond motifs is 1. The Hall–Kier alpha value is -3.81. The van der Waals surface area contributed by atoms with E-state index in [4.69, 9.17) is 23.9 Å². The van der Waals surface area contributed by atoms with Gasteiger partial charge in [0.15, 0.2) is 23.0 Å². The number of allylic oxidation sites excluding steroid dienone is 1. The lowest BCUT2D eigenvalue weighted by atomic mass is 9.66. The molecule has 1 fully saturated rings. The van der Waals surface area contributed by atoms with E-state index in [1.165, 1.54) is 6.07 Å². The van der Waals surface area contributed by atoms with Crippen molar-refractivity contribution in [2.75, 3.05) is 20.8 Å². The van der Waals surface area contributed by atoms with Gasteiger partial charge < -0.3 is 24.1 Å². The van der Waals surface area contributed by atoms with Crippen LogP contribution in [0, 0.1) is 5.92 Å². The molecule has 0 spiro atoms. The van der Waals surface area contributed by atoms with E-state index in [0.29, 0.717) is 47.1 Å². The monoisotopic (exact) mass is 521 g/mol. The van der Waals surface area contributed by atoms with E-state index in [-0.39, 0.29) is 30.0 Å². The van der Waals surface area contributed by atoms with Crippen molar-refractivity contribution in [2.24, 2.45) is 10.9 Å². The zero-order valence-electron chi connectivity index (χ0n) is 22.7. The molecule has 0 saturated heterocycles. The number of carbonyl (C=O) groups is 2. The van der Waals surface area contributed by atoms with Gasteiger partial charge in [0, 0.05) is 23.7 Å². The van der Waals surface area contributed by atoms with Crippen LogP contribution in [0.3, 0.4) is 0 Å². The van der Waals surface area contributed by atoms with Gasteiger partial charge in [0.25, 0.3) is 0 Å². The fourth-order valence-corrected chi connectivity index (χ4v) is 5.42. The van der Waals surface area contributed by atoms with Crippen LogP contribution in [-0.2, 0) is 14.3 Å². The molecule has 38 heavy (non-hydrogen) atoms. The van der Waals surface area contributed by atoms with Crippen molar-refractivity contribution in [3.8, 4) is 23.0 Å². The minimum absolute atomic E-state index is 0.00389. The summed E-state index contributed by atoms with van der Waals surface area (Å²) in [5.41, 5.74) is 3.27. The number of esters is 1. The summed E-state index contributed by atoms with van der Waals surface area (Å²) >= 11 is 0. The Morgan fingerprint density at radius 1 is 1.00 bits per heavy atom. The number of nitrogens with zero attached hydrogens (tertiary/aromatic N) is 1. The summed E-state index contributed by atoms with van der Waals surface area (Å²) in [6.07, 6.45) is 0.518. The first-order valence-corrected chi connectivity index (χ1v) is 12.9. The van der Waals surface area contributed by atoms with E-state index in [9.17, 15) is 14.7 Å². The molecule has 8 heteroatoms. The molecule has 0 radical (unpaired) electrons. The number of phenols is 1. The van der Waals surface area contributed by atoms with Crippen LogP contribution in [0.5, 0.6) is 23.0 Å². The second-order valence-corrected chi connectivity index (χ2v) is 9.86. The summed E-state index contributed by atoms with van der Waals surface area (Å²) in [7, 11) is 3.17.